The molecule has 1 aromatic heterocycles. The van der Waals surface area contributed by atoms with Gasteiger partial charge in [-0.2, -0.15) is 0 Å². The molecule has 2 aromatic rings. The maximum absolute atomic E-state index is 12.4. The van der Waals surface area contributed by atoms with Gasteiger partial charge in [0.15, 0.2) is 0 Å². The highest BCUT2D eigenvalue weighted by molar-refractivity contribution is 8.00. The van der Waals surface area contributed by atoms with Crippen LogP contribution in [0.4, 0.5) is 0 Å². The quantitative estimate of drug-likeness (QED) is 0.873. The second-order valence-electron chi connectivity index (χ2n) is 5.80. The number of nitrogens with zero attached hydrogens (tertiary/aromatic N) is 3. The molecule has 0 N–H and O–H groups in total. The lowest BCUT2D eigenvalue weighted by atomic mass is 10.1. The molecule has 5 heteroatoms. The van der Waals surface area contributed by atoms with Crippen molar-refractivity contribution >= 4 is 17.7 Å². The molecule has 1 fully saturated rings. The number of amides is 1. The van der Waals surface area contributed by atoms with E-state index in [0.717, 1.165) is 25.9 Å². The topological polar surface area (TPSA) is 38.1 Å². The fourth-order valence-corrected chi connectivity index (χ4v) is 3.95. The van der Waals surface area contributed by atoms with Crippen LogP contribution in [0.2, 0.25) is 0 Å². The van der Waals surface area contributed by atoms with E-state index in [1.54, 1.807) is 12.5 Å². The van der Waals surface area contributed by atoms with Gasteiger partial charge in [0.05, 0.1) is 6.33 Å². The molecule has 1 amide bonds. The molecule has 2 heterocycles. The smallest absolute Gasteiger partial charge is 0.274 e. The molecule has 0 aliphatic carbocycles. The van der Waals surface area contributed by atoms with E-state index >= 15 is 0 Å². The molecule has 116 valence electrons. The third kappa shape index (κ3) is 3.35. The predicted octanol–water partition coefficient (Wildman–Crippen LogP) is 3.13. The van der Waals surface area contributed by atoms with E-state index in [0.29, 0.717) is 10.9 Å². The first kappa shape index (κ1) is 15.2. The molecular weight excluding hydrogens is 294 g/mol. The molecular formula is C17H21N3OS. The Morgan fingerprint density at radius 2 is 2.00 bits per heavy atom. The lowest BCUT2D eigenvalue weighted by Gasteiger charge is -2.31. The maximum Gasteiger partial charge on any atom is 0.274 e. The Hall–Kier alpha value is -1.75. The average molecular weight is 315 g/mol. The van der Waals surface area contributed by atoms with E-state index in [9.17, 15) is 4.79 Å². The number of rotatable bonds is 3. The minimum atomic E-state index is 0.0555. The van der Waals surface area contributed by atoms with E-state index in [-0.39, 0.29) is 5.91 Å². The molecule has 4 nitrogen and oxygen atoms in total. The lowest BCUT2D eigenvalue weighted by molar-refractivity contribution is 0.0722. The van der Waals surface area contributed by atoms with Crippen molar-refractivity contribution in [3.05, 3.63) is 48.0 Å². The minimum Gasteiger partial charge on any atom is -0.340 e. The molecule has 0 radical (unpaired) electrons. The van der Waals surface area contributed by atoms with Gasteiger partial charge in [-0.3, -0.25) is 4.79 Å². The van der Waals surface area contributed by atoms with E-state index in [2.05, 4.69) is 36.2 Å². The number of imidazole rings is 1. The summed E-state index contributed by atoms with van der Waals surface area (Å²) >= 11 is 1.95. The molecule has 1 saturated heterocycles. The fourth-order valence-electron chi connectivity index (χ4n) is 2.73. The minimum absolute atomic E-state index is 0.0555. The summed E-state index contributed by atoms with van der Waals surface area (Å²) in [6.45, 7) is 3.79. The van der Waals surface area contributed by atoms with Crippen LogP contribution in [0.25, 0.3) is 0 Å². The fraction of sp³-hybridized carbons (Fsp3) is 0.412. The van der Waals surface area contributed by atoms with Gasteiger partial charge in [0.25, 0.3) is 5.91 Å². The first-order chi connectivity index (χ1) is 10.6. The zero-order valence-corrected chi connectivity index (χ0v) is 13.8. The molecule has 1 aliphatic heterocycles. The summed E-state index contributed by atoms with van der Waals surface area (Å²) in [6.07, 6.45) is 5.54. The van der Waals surface area contributed by atoms with Crippen molar-refractivity contribution in [2.75, 3.05) is 13.1 Å². The third-order valence-electron chi connectivity index (χ3n) is 4.04. The summed E-state index contributed by atoms with van der Waals surface area (Å²) in [4.78, 5) is 19.8. The van der Waals surface area contributed by atoms with Crippen LogP contribution in [0.15, 0.2) is 41.7 Å². The standard InChI is InChI=1S/C17H21N3OS/c1-13-5-3-4-6-16(13)22-14-7-9-20(10-8-14)17(21)15-11-19(2)12-18-15/h3-6,11-12,14H,7-10H2,1-2H3. The van der Waals surface area contributed by atoms with Crippen LogP contribution in [-0.2, 0) is 7.05 Å². The summed E-state index contributed by atoms with van der Waals surface area (Å²) in [5, 5.41) is 0.592. The van der Waals surface area contributed by atoms with E-state index in [1.165, 1.54) is 10.5 Å². The molecule has 22 heavy (non-hydrogen) atoms. The number of thioether (sulfide) groups is 1. The Labute approximate surface area is 135 Å². The summed E-state index contributed by atoms with van der Waals surface area (Å²) in [5.41, 5.74) is 1.88. The summed E-state index contributed by atoms with van der Waals surface area (Å²) in [7, 11) is 1.88. The van der Waals surface area contributed by atoms with Gasteiger partial charge in [0.2, 0.25) is 0 Å². The number of likely N-dealkylation sites (tertiary alicyclic amines) is 1. The predicted molar refractivity (Wildman–Crippen MR) is 89.2 cm³/mol. The number of carbonyl (C=O) groups is 1. The van der Waals surface area contributed by atoms with E-state index in [1.807, 2.05) is 28.3 Å². The van der Waals surface area contributed by atoms with Crippen molar-refractivity contribution in [2.24, 2.45) is 7.05 Å². The molecule has 1 aliphatic rings. The molecule has 0 spiro atoms. The second kappa shape index (κ2) is 6.57. The number of benzene rings is 1. The van der Waals surface area contributed by atoms with Gasteiger partial charge in [-0.25, -0.2) is 4.98 Å². The molecule has 1 aromatic carbocycles. The van der Waals surface area contributed by atoms with E-state index < -0.39 is 0 Å². The molecule has 0 saturated carbocycles. The highest BCUT2D eigenvalue weighted by Gasteiger charge is 2.25. The van der Waals surface area contributed by atoms with Gasteiger partial charge in [-0.1, -0.05) is 18.2 Å². The largest absolute Gasteiger partial charge is 0.340 e. The number of aromatic nitrogens is 2. The van der Waals surface area contributed by atoms with Gasteiger partial charge < -0.3 is 9.47 Å². The zero-order chi connectivity index (χ0) is 15.5. The maximum atomic E-state index is 12.4. The van der Waals surface area contributed by atoms with Crippen molar-refractivity contribution in [1.82, 2.24) is 14.5 Å². The summed E-state index contributed by atoms with van der Waals surface area (Å²) in [5.74, 6) is 0.0555. The molecule has 0 unspecified atom stereocenters. The van der Waals surface area contributed by atoms with Crippen molar-refractivity contribution in [3.63, 3.8) is 0 Å². The Kier molecular flexibility index (Phi) is 4.52. The molecule has 0 bridgehead atoms. The summed E-state index contributed by atoms with van der Waals surface area (Å²) < 4.78 is 1.81. The van der Waals surface area contributed by atoms with Crippen molar-refractivity contribution in [2.45, 2.75) is 29.9 Å². The lowest BCUT2D eigenvalue weighted by Crippen LogP contribution is -2.39. The number of piperidine rings is 1. The number of carbonyl (C=O) groups excluding carboxylic acids is 1. The third-order valence-corrected chi connectivity index (χ3v) is 5.56. The van der Waals surface area contributed by atoms with Gasteiger partial charge in [0, 0.05) is 36.5 Å². The van der Waals surface area contributed by atoms with Gasteiger partial charge in [0.1, 0.15) is 5.69 Å². The first-order valence-corrected chi connectivity index (χ1v) is 8.51. The van der Waals surface area contributed by atoms with Crippen LogP contribution in [0.5, 0.6) is 0 Å². The highest BCUT2D eigenvalue weighted by Crippen LogP contribution is 2.32. The monoisotopic (exact) mass is 315 g/mol. The Morgan fingerprint density at radius 1 is 1.27 bits per heavy atom. The second-order valence-corrected chi connectivity index (χ2v) is 7.14. The Balaban J connectivity index is 1.56. The van der Waals surface area contributed by atoms with Crippen LogP contribution in [0, 0.1) is 6.92 Å². The van der Waals surface area contributed by atoms with Crippen molar-refractivity contribution in [1.29, 1.82) is 0 Å². The van der Waals surface area contributed by atoms with Crippen LogP contribution >= 0.6 is 11.8 Å². The van der Waals surface area contributed by atoms with Crippen molar-refractivity contribution in [3.8, 4) is 0 Å². The van der Waals surface area contributed by atoms with Gasteiger partial charge in [-0.15, -0.1) is 11.8 Å². The van der Waals surface area contributed by atoms with Crippen LogP contribution in [0.3, 0.4) is 0 Å². The SMILES string of the molecule is Cc1ccccc1SC1CCN(C(=O)c2cn(C)cn2)CC1. The Morgan fingerprint density at radius 3 is 2.64 bits per heavy atom. The Bertz CT molecular complexity index is 659. The van der Waals surface area contributed by atoms with Gasteiger partial charge >= 0.3 is 0 Å². The van der Waals surface area contributed by atoms with Crippen LogP contribution in [-0.4, -0.2) is 38.7 Å². The molecule has 3 rings (SSSR count). The molecule has 0 atom stereocenters. The van der Waals surface area contributed by atoms with Crippen molar-refractivity contribution < 1.29 is 4.79 Å². The zero-order valence-electron chi connectivity index (χ0n) is 13.0. The van der Waals surface area contributed by atoms with Crippen LogP contribution < -0.4 is 0 Å². The van der Waals surface area contributed by atoms with Crippen LogP contribution in [0.1, 0.15) is 28.9 Å². The van der Waals surface area contributed by atoms with E-state index in [4.69, 9.17) is 0 Å². The number of hydrogen-bond donors (Lipinski definition) is 0. The average Bonchev–Trinajstić information content (AvgIpc) is 2.96. The highest BCUT2D eigenvalue weighted by atomic mass is 32.2. The number of hydrogen-bond acceptors (Lipinski definition) is 3. The number of aryl methyl sites for hydroxylation is 2. The summed E-state index contributed by atoms with van der Waals surface area (Å²) in [6, 6.07) is 8.51. The van der Waals surface area contributed by atoms with Gasteiger partial charge in [-0.05, 0) is 31.4 Å². The first-order valence-electron chi connectivity index (χ1n) is 7.63. The normalized spacial score (nSPS) is 16.0.